The van der Waals surface area contributed by atoms with Crippen LogP contribution in [0.2, 0.25) is 0 Å². The maximum atomic E-state index is 11.8. The van der Waals surface area contributed by atoms with E-state index in [2.05, 4.69) is 19.2 Å². The van der Waals surface area contributed by atoms with E-state index in [1.54, 1.807) is 0 Å². The number of unbranched alkanes of at least 4 members (excludes halogenated alkanes) is 3. The molecule has 0 aliphatic heterocycles. The second-order valence-corrected chi connectivity index (χ2v) is 5.56. The van der Waals surface area contributed by atoms with Crippen molar-refractivity contribution in [2.45, 2.75) is 46.0 Å². The smallest absolute Gasteiger partial charge is 0.251 e. The number of carbonyl (C=O) groups is 1. The number of benzene rings is 1. The Bertz CT molecular complexity index is 430. The molecule has 0 spiro atoms. The number of aromatic hydroxyl groups is 2. The third-order valence-electron chi connectivity index (χ3n) is 3.23. The SMILES string of the molecule is CC(C)CCCCCCNC(=O)c1ccc(O)c(O)c1. The van der Waals surface area contributed by atoms with Crippen molar-refractivity contribution in [3.8, 4) is 11.5 Å². The van der Waals surface area contributed by atoms with Crippen LogP contribution in [0.25, 0.3) is 0 Å². The Morgan fingerprint density at radius 2 is 1.80 bits per heavy atom. The van der Waals surface area contributed by atoms with Crippen LogP contribution >= 0.6 is 0 Å². The molecule has 0 bridgehead atoms. The highest BCUT2D eigenvalue weighted by Crippen LogP contribution is 2.24. The van der Waals surface area contributed by atoms with Crippen LogP contribution in [0.5, 0.6) is 11.5 Å². The van der Waals surface area contributed by atoms with Gasteiger partial charge >= 0.3 is 0 Å². The Morgan fingerprint density at radius 3 is 2.45 bits per heavy atom. The van der Waals surface area contributed by atoms with E-state index in [-0.39, 0.29) is 17.4 Å². The summed E-state index contributed by atoms with van der Waals surface area (Å²) in [6, 6.07) is 4.08. The summed E-state index contributed by atoms with van der Waals surface area (Å²) < 4.78 is 0. The van der Waals surface area contributed by atoms with E-state index >= 15 is 0 Å². The molecule has 0 fully saturated rings. The molecule has 0 saturated heterocycles. The van der Waals surface area contributed by atoms with Gasteiger partial charge in [0.05, 0.1) is 0 Å². The monoisotopic (exact) mass is 279 g/mol. The van der Waals surface area contributed by atoms with Crippen LogP contribution in [0.15, 0.2) is 18.2 Å². The first-order valence-corrected chi connectivity index (χ1v) is 7.31. The van der Waals surface area contributed by atoms with E-state index in [0.29, 0.717) is 12.1 Å². The van der Waals surface area contributed by atoms with Gasteiger partial charge in [0.2, 0.25) is 0 Å². The summed E-state index contributed by atoms with van der Waals surface area (Å²) in [4.78, 5) is 11.8. The number of phenols is 2. The predicted octanol–water partition coefficient (Wildman–Crippen LogP) is 3.43. The predicted molar refractivity (Wildman–Crippen MR) is 80.0 cm³/mol. The first kappa shape index (κ1) is 16.3. The van der Waals surface area contributed by atoms with E-state index < -0.39 is 0 Å². The molecule has 3 N–H and O–H groups in total. The van der Waals surface area contributed by atoms with Gasteiger partial charge in [0.1, 0.15) is 0 Å². The fourth-order valence-corrected chi connectivity index (χ4v) is 2.00. The Labute approximate surface area is 120 Å². The largest absolute Gasteiger partial charge is 0.504 e. The highest BCUT2D eigenvalue weighted by Gasteiger charge is 2.07. The van der Waals surface area contributed by atoms with Gasteiger partial charge in [-0.15, -0.1) is 0 Å². The number of hydrogen-bond donors (Lipinski definition) is 3. The lowest BCUT2D eigenvalue weighted by Gasteiger charge is -2.07. The minimum atomic E-state index is -0.272. The van der Waals surface area contributed by atoms with Crippen molar-refractivity contribution >= 4 is 5.91 Å². The van der Waals surface area contributed by atoms with Crippen molar-refractivity contribution in [3.63, 3.8) is 0 Å². The zero-order chi connectivity index (χ0) is 15.0. The maximum Gasteiger partial charge on any atom is 0.251 e. The van der Waals surface area contributed by atoms with Crippen LogP contribution < -0.4 is 5.32 Å². The molecule has 0 heterocycles. The van der Waals surface area contributed by atoms with Crippen molar-refractivity contribution in [1.82, 2.24) is 5.32 Å². The van der Waals surface area contributed by atoms with Crippen molar-refractivity contribution < 1.29 is 15.0 Å². The third kappa shape index (κ3) is 5.95. The molecule has 1 aromatic rings. The third-order valence-corrected chi connectivity index (χ3v) is 3.23. The van der Waals surface area contributed by atoms with Crippen molar-refractivity contribution in [2.24, 2.45) is 5.92 Å². The summed E-state index contributed by atoms with van der Waals surface area (Å²) in [5, 5.41) is 21.3. The van der Waals surface area contributed by atoms with Gasteiger partial charge in [0.25, 0.3) is 5.91 Å². The van der Waals surface area contributed by atoms with Crippen LogP contribution in [-0.4, -0.2) is 22.7 Å². The number of amides is 1. The molecule has 0 aliphatic carbocycles. The van der Waals surface area contributed by atoms with Crippen LogP contribution in [0.3, 0.4) is 0 Å². The van der Waals surface area contributed by atoms with Gasteiger partial charge in [-0.3, -0.25) is 4.79 Å². The molecule has 0 aromatic heterocycles. The fourth-order valence-electron chi connectivity index (χ4n) is 2.00. The second kappa shape index (κ2) is 8.46. The summed E-state index contributed by atoms with van der Waals surface area (Å²) >= 11 is 0. The molecule has 0 unspecified atom stereocenters. The zero-order valence-corrected chi connectivity index (χ0v) is 12.4. The standard InChI is InChI=1S/C16H25NO3/c1-12(2)7-5-3-4-6-10-17-16(20)13-8-9-14(18)15(19)11-13/h8-9,11-12,18-19H,3-7,10H2,1-2H3,(H,17,20). The molecule has 0 atom stereocenters. The van der Waals surface area contributed by atoms with E-state index in [0.717, 1.165) is 18.8 Å². The molecule has 4 nitrogen and oxygen atoms in total. The van der Waals surface area contributed by atoms with E-state index in [1.165, 1.54) is 37.5 Å². The van der Waals surface area contributed by atoms with Gasteiger partial charge in [-0.25, -0.2) is 0 Å². The van der Waals surface area contributed by atoms with Crippen LogP contribution in [0.1, 0.15) is 56.3 Å². The van der Waals surface area contributed by atoms with Gasteiger partial charge < -0.3 is 15.5 Å². The molecular formula is C16H25NO3. The summed E-state index contributed by atoms with van der Waals surface area (Å²) in [6.07, 6.45) is 5.80. The normalized spacial score (nSPS) is 10.8. The summed E-state index contributed by atoms with van der Waals surface area (Å²) in [5.74, 6) is 0.0531. The lowest BCUT2D eigenvalue weighted by Crippen LogP contribution is -2.24. The minimum absolute atomic E-state index is 0.216. The van der Waals surface area contributed by atoms with Gasteiger partial charge in [-0.05, 0) is 30.5 Å². The molecule has 1 amide bonds. The quantitative estimate of drug-likeness (QED) is 0.504. The van der Waals surface area contributed by atoms with Gasteiger partial charge in [-0.1, -0.05) is 39.5 Å². The number of nitrogens with one attached hydrogen (secondary N) is 1. The molecule has 1 rings (SSSR count). The highest BCUT2D eigenvalue weighted by atomic mass is 16.3. The van der Waals surface area contributed by atoms with Crippen molar-refractivity contribution in [1.29, 1.82) is 0 Å². The van der Waals surface area contributed by atoms with Crippen LogP contribution in [-0.2, 0) is 0 Å². The Hall–Kier alpha value is -1.71. The van der Waals surface area contributed by atoms with Gasteiger partial charge in [-0.2, -0.15) is 0 Å². The number of carbonyl (C=O) groups excluding carboxylic acids is 1. The Morgan fingerprint density at radius 1 is 1.10 bits per heavy atom. The average Bonchev–Trinajstić information content (AvgIpc) is 2.40. The lowest BCUT2D eigenvalue weighted by molar-refractivity contribution is 0.0952. The highest BCUT2D eigenvalue weighted by molar-refractivity contribution is 5.94. The summed E-state index contributed by atoms with van der Waals surface area (Å²) in [6.45, 7) is 5.10. The Kier molecular flexibility index (Phi) is 6.91. The van der Waals surface area contributed by atoms with E-state index in [4.69, 9.17) is 0 Å². The van der Waals surface area contributed by atoms with Crippen molar-refractivity contribution in [2.75, 3.05) is 6.54 Å². The second-order valence-electron chi connectivity index (χ2n) is 5.56. The first-order chi connectivity index (χ1) is 9.50. The molecule has 112 valence electrons. The summed E-state index contributed by atoms with van der Waals surface area (Å²) in [7, 11) is 0. The van der Waals surface area contributed by atoms with Crippen molar-refractivity contribution in [3.05, 3.63) is 23.8 Å². The molecule has 0 saturated carbocycles. The van der Waals surface area contributed by atoms with E-state index in [9.17, 15) is 15.0 Å². The Balaban J connectivity index is 2.18. The topological polar surface area (TPSA) is 69.6 Å². The summed E-state index contributed by atoms with van der Waals surface area (Å²) in [5.41, 5.74) is 0.361. The molecule has 0 radical (unpaired) electrons. The average molecular weight is 279 g/mol. The zero-order valence-electron chi connectivity index (χ0n) is 12.4. The molecule has 1 aromatic carbocycles. The fraction of sp³-hybridized carbons (Fsp3) is 0.562. The molecule has 0 aliphatic rings. The lowest BCUT2D eigenvalue weighted by atomic mass is 10.0. The number of hydrogen-bond acceptors (Lipinski definition) is 3. The van der Waals surface area contributed by atoms with Gasteiger partial charge in [0, 0.05) is 12.1 Å². The molecular weight excluding hydrogens is 254 g/mol. The molecule has 20 heavy (non-hydrogen) atoms. The minimum Gasteiger partial charge on any atom is -0.504 e. The van der Waals surface area contributed by atoms with E-state index in [1.807, 2.05) is 0 Å². The number of rotatable bonds is 8. The maximum absolute atomic E-state index is 11.8. The molecule has 4 heteroatoms. The number of phenolic OH excluding ortho intramolecular Hbond substituents is 2. The van der Waals surface area contributed by atoms with Crippen LogP contribution in [0.4, 0.5) is 0 Å². The first-order valence-electron chi connectivity index (χ1n) is 7.31. The van der Waals surface area contributed by atoms with Gasteiger partial charge in [0.15, 0.2) is 11.5 Å². The van der Waals surface area contributed by atoms with Crippen LogP contribution in [0, 0.1) is 5.92 Å².